The fourth-order valence-electron chi connectivity index (χ4n) is 1.81. The van der Waals surface area contributed by atoms with Gasteiger partial charge in [-0.3, -0.25) is 0 Å². The Bertz CT molecular complexity index is 140. The second-order valence-corrected chi connectivity index (χ2v) is 3.21. The first-order chi connectivity index (χ1) is 5.40. The predicted molar refractivity (Wildman–Crippen MR) is 41.3 cm³/mol. The molecule has 2 atom stereocenters. The lowest BCUT2D eigenvalue weighted by Crippen LogP contribution is -2.44. The Kier molecular flexibility index (Phi) is 2.11. The van der Waals surface area contributed by atoms with Crippen LogP contribution < -0.4 is 0 Å². The zero-order chi connectivity index (χ0) is 7.68. The second-order valence-electron chi connectivity index (χ2n) is 3.21. The van der Waals surface area contributed by atoms with E-state index in [1.807, 2.05) is 0 Å². The van der Waals surface area contributed by atoms with Crippen LogP contribution in [-0.2, 0) is 9.47 Å². The summed E-state index contributed by atoms with van der Waals surface area (Å²) in [5, 5.41) is 0. The number of nitrogens with zero attached hydrogens (tertiary/aromatic N) is 1. The number of piperidine rings is 1. The van der Waals surface area contributed by atoms with Crippen LogP contribution in [0.1, 0.15) is 13.3 Å². The molecule has 2 aliphatic heterocycles. The molecule has 0 N–H and O–H groups in total. The highest BCUT2D eigenvalue weighted by molar-refractivity contribution is 4.83. The molecule has 2 rings (SSSR count). The highest BCUT2D eigenvalue weighted by Gasteiger charge is 2.34. The molecular formula is C8H15NO2. The maximum atomic E-state index is 5.43. The molecule has 0 aromatic rings. The van der Waals surface area contributed by atoms with Crippen molar-refractivity contribution in [3.05, 3.63) is 0 Å². The van der Waals surface area contributed by atoms with E-state index in [0.29, 0.717) is 19.0 Å². The number of hydrogen-bond donors (Lipinski definition) is 0. The van der Waals surface area contributed by atoms with Gasteiger partial charge in [-0.25, -0.2) is 0 Å². The third kappa shape index (κ3) is 1.41. The van der Waals surface area contributed by atoms with Gasteiger partial charge in [0.2, 0.25) is 0 Å². The van der Waals surface area contributed by atoms with Gasteiger partial charge in [0.1, 0.15) is 6.79 Å². The Morgan fingerprint density at radius 3 is 3.00 bits per heavy atom. The van der Waals surface area contributed by atoms with Gasteiger partial charge >= 0.3 is 0 Å². The van der Waals surface area contributed by atoms with Crippen molar-refractivity contribution in [3.63, 3.8) is 0 Å². The summed E-state index contributed by atoms with van der Waals surface area (Å²) in [5.41, 5.74) is 0. The van der Waals surface area contributed by atoms with Crippen LogP contribution >= 0.6 is 0 Å². The van der Waals surface area contributed by atoms with E-state index in [1.54, 1.807) is 0 Å². The van der Waals surface area contributed by atoms with Crippen LogP contribution in [0.3, 0.4) is 0 Å². The lowest BCUT2D eigenvalue weighted by Gasteiger charge is -2.31. The molecule has 2 aliphatic rings. The molecule has 0 spiro atoms. The van der Waals surface area contributed by atoms with Crippen LogP contribution in [0, 0.1) is 0 Å². The van der Waals surface area contributed by atoms with Gasteiger partial charge in [-0.2, -0.15) is 0 Å². The van der Waals surface area contributed by atoms with Crippen molar-refractivity contribution in [2.75, 3.05) is 26.4 Å². The van der Waals surface area contributed by atoms with Gasteiger partial charge in [-0.1, -0.05) is 6.92 Å². The SMILES string of the molecule is CCN1CC[C@@H]2OCO[C@@H]2C1. The van der Waals surface area contributed by atoms with E-state index >= 15 is 0 Å². The van der Waals surface area contributed by atoms with Gasteiger partial charge in [0, 0.05) is 13.1 Å². The van der Waals surface area contributed by atoms with E-state index in [-0.39, 0.29) is 0 Å². The summed E-state index contributed by atoms with van der Waals surface area (Å²) in [6.45, 7) is 6.05. The zero-order valence-corrected chi connectivity index (χ0v) is 6.95. The van der Waals surface area contributed by atoms with Crippen LogP contribution in [0.4, 0.5) is 0 Å². The Morgan fingerprint density at radius 1 is 1.36 bits per heavy atom. The fourth-order valence-corrected chi connectivity index (χ4v) is 1.81. The summed E-state index contributed by atoms with van der Waals surface area (Å²) in [7, 11) is 0. The number of likely N-dealkylation sites (N-methyl/N-ethyl adjacent to an activating group) is 1. The highest BCUT2D eigenvalue weighted by Crippen LogP contribution is 2.21. The number of hydrogen-bond acceptors (Lipinski definition) is 3. The average Bonchev–Trinajstić information content (AvgIpc) is 2.50. The Hall–Kier alpha value is -0.120. The molecule has 0 aromatic carbocycles. The standard InChI is InChI=1S/C8H15NO2/c1-2-9-4-3-7-8(5-9)11-6-10-7/h7-8H,2-6H2,1H3/t7-,8+/m0/s1. The smallest absolute Gasteiger partial charge is 0.147 e. The number of fused-ring (bicyclic) bond motifs is 1. The molecule has 0 saturated carbocycles. The van der Waals surface area contributed by atoms with Gasteiger partial charge < -0.3 is 14.4 Å². The molecule has 2 saturated heterocycles. The number of ether oxygens (including phenoxy) is 2. The summed E-state index contributed by atoms with van der Waals surface area (Å²) >= 11 is 0. The van der Waals surface area contributed by atoms with Crippen LogP contribution in [0.25, 0.3) is 0 Å². The molecule has 2 fully saturated rings. The largest absolute Gasteiger partial charge is 0.349 e. The third-order valence-corrected chi connectivity index (χ3v) is 2.59. The average molecular weight is 157 g/mol. The summed E-state index contributed by atoms with van der Waals surface area (Å²) < 4.78 is 10.8. The van der Waals surface area contributed by atoms with Gasteiger partial charge in [0.25, 0.3) is 0 Å². The van der Waals surface area contributed by atoms with Crippen molar-refractivity contribution in [3.8, 4) is 0 Å². The monoisotopic (exact) mass is 157 g/mol. The molecule has 11 heavy (non-hydrogen) atoms. The normalized spacial score (nSPS) is 39.0. The Morgan fingerprint density at radius 2 is 2.18 bits per heavy atom. The summed E-state index contributed by atoms with van der Waals surface area (Å²) in [5.74, 6) is 0. The van der Waals surface area contributed by atoms with E-state index in [2.05, 4.69) is 11.8 Å². The van der Waals surface area contributed by atoms with Crippen LogP contribution in [-0.4, -0.2) is 43.5 Å². The molecule has 3 nitrogen and oxygen atoms in total. The molecule has 0 bridgehead atoms. The fraction of sp³-hybridized carbons (Fsp3) is 1.00. The van der Waals surface area contributed by atoms with Crippen molar-refractivity contribution >= 4 is 0 Å². The minimum Gasteiger partial charge on any atom is -0.349 e. The number of likely N-dealkylation sites (tertiary alicyclic amines) is 1. The summed E-state index contributed by atoms with van der Waals surface area (Å²) in [4.78, 5) is 2.41. The van der Waals surface area contributed by atoms with Crippen LogP contribution in [0.5, 0.6) is 0 Å². The van der Waals surface area contributed by atoms with Crippen LogP contribution in [0.2, 0.25) is 0 Å². The molecule has 0 unspecified atom stereocenters. The van der Waals surface area contributed by atoms with Gasteiger partial charge in [-0.15, -0.1) is 0 Å². The topological polar surface area (TPSA) is 21.7 Å². The molecule has 0 amide bonds. The molecule has 0 aliphatic carbocycles. The maximum Gasteiger partial charge on any atom is 0.147 e. The lowest BCUT2D eigenvalue weighted by atomic mass is 10.1. The molecule has 3 heteroatoms. The number of rotatable bonds is 1. The predicted octanol–water partition coefficient (Wildman–Crippen LogP) is 0.453. The summed E-state index contributed by atoms with van der Waals surface area (Å²) in [6.07, 6.45) is 1.87. The molecule has 0 aromatic heterocycles. The summed E-state index contributed by atoms with van der Waals surface area (Å²) in [6, 6.07) is 0. The minimum atomic E-state index is 0.351. The van der Waals surface area contributed by atoms with Crippen molar-refractivity contribution in [2.24, 2.45) is 0 Å². The first-order valence-corrected chi connectivity index (χ1v) is 4.35. The van der Waals surface area contributed by atoms with E-state index in [0.717, 1.165) is 19.5 Å². The Balaban J connectivity index is 1.91. The van der Waals surface area contributed by atoms with E-state index < -0.39 is 0 Å². The van der Waals surface area contributed by atoms with Crippen molar-refractivity contribution in [1.29, 1.82) is 0 Å². The van der Waals surface area contributed by atoms with Gasteiger partial charge in [0.15, 0.2) is 0 Å². The molecule has 0 radical (unpaired) electrons. The highest BCUT2D eigenvalue weighted by atomic mass is 16.7. The van der Waals surface area contributed by atoms with E-state index in [1.165, 1.54) is 6.54 Å². The Labute approximate surface area is 67.3 Å². The van der Waals surface area contributed by atoms with Gasteiger partial charge in [0.05, 0.1) is 12.2 Å². The minimum absolute atomic E-state index is 0.351. The van der Waals surface area contributed by atoms with Gasteiger partial charge in [-0.05, 0) is 13.0 Å². The van der Waals surface area contributed by atoms with E-state index in [9.17, 15) is 0 Å². The van der Waals surface area contributed by atoms with Crippen LogP contribution in [0.15, 0.2) is 0 Å². The maximum absolute atomic E-state index is 5.43. The molecule has 2 heterocycles. The molecule has 64 valence electrons. The van der Waals surface area contributed by atoms with Crippen molar-refractivity contribution in [1.82, 2.24) is 4.90 Å². The zero-order valence-electron chi connectivity index (χ0n) is 6.95. The third-order valence-electron chi connectivity index (χ3n) is 2.59. The lowest BCUT2D eigenvalue weighted by molar-refractivity contribution is 0.0381. The quantitative estimate of drug-likeness (QED) is 0.551. The molecular weight excluding hydrogens is 142 g/mol. The van der Waals surface area contributed by atoms with Crippen molar-refractivity contribution < 1.29 is 9.47 Å². The second kappa shape index (κ2) is 3.09. The van der Waals surface area contributed by atoms with E-state index in [4.69, 9.17) is 9.47 Å². The first kappa shape index (κ1) is 7.53. The first-order valence-electron chi connectivity index (χ1n) is 4.35. The van der Waals surface area contributed by atoms with Crippen molar-refractivity contribution in [2.45, 2.75) is 25.6 Å².